The van der Waals surface area contributed by atoms with Crippen LogP contribution in [0.5, 0.6) is 0 Å². The fraction of sp³-hybridized carbons (Fsp3) is 0.500. The Morgan fingerprint density at radius 3 is 2.79 bits per heavy atom. The summed E-state index contributed by atoms with van der Waals surface area (Å²) in [6.45, 7) is 4.12. The second kappa shape index (κ2) is 5.75. The topological polar surface area (TPSA) is 86.6 Å². The molecule has 7 heteroatoms. The SMILES string of the molecule is C[C@@H]1CN(CC(=O)O)CCN1c1cnc(C=O)cn1. The summed E-state index contributed by atoms with van der Waals surface area (Å²) in [6.07, 6.45) is 3.68. The molecule has 1 atom stereocenters. The normalized spacial score (nSPS) is 20.3. The summed E-state index contributed by atoms with van der Waals surface area (Å²) in [6, 6.07) is 0.157. The van der Waals surface area contributed by atoms with Crippen LogP contribution in [-0.2, 0) is 4.79 Å². The Bertz CT molecular complexity index is 463. The van der Waals surface area contributed by atoms with Gasteiger partial charge >= 0.3 is 5.97 Å². The van der Waals surface area contributed by atoms with Gasteiger partial charge in [0, 0.05) is 25.7 Å². The third-order valence-electron chi connectivity index (χ3n) is 3.14. The Kier molecular flexibility index (Phi) is 4.06. The van der Waals surface area contributed by atoms with Gasteiger partial charge in [-0.3, -0.25) is 14.5 Å². The molecule has 0 radical (unpaired) electrons. The number of carboxylic acids is 1. The molecule has 0 aliphatic carbocycles. The minimum Gasteiger partial charge on any atom is -0.480 e. The summed E-state index contributed by atoms with van der Waals surface area (Å²) >= 11 is 0. The third kappa shape index (κ3) is 3.25. The van der Waals surface area contributed by atoms with Gasteiger partial charge in [-0.2, -0.15) is 0 Å². The first-order valence-electron chi connectivity index (χ1n) is 6.08. The standard InChI is InChI=1S/C12H16N4O3/c1-9-6-15(7-12(18)19)2-3-16(9)11-5-13-10(8-17)4-14-11/h4-5,8-9H,2-3,6-7H2,1H3,(H,18,19)/t9-/m1/s1. The minimum atomic E-state index is -0.809. The van der Waals surface area contributed by atoms with E-state index in [1.807, 2.05) is 11.8 Å². The van der Waals surface area contributed by atoms with Gasteiger partial charge in [0.05, 0.1) is 18.9 Å². The van der Waals surface area contributed by atoms with E-state index in [0.717, 1.165) is 0 Å². The molecule has 0 spiro atoms. The quantitative estimate of drug-likeness (QED) is 0.759. The van der Waals surface area contributed by atoms with E-state index in [4.69, 9.17) is 5.11 Å². The average molecular weight is 264 g/mol. The van der Waals surface area contributed by atoms with Crippen LogP contribution in [0.1, 0.15) is 17.4 Å². The lowest BCUT2D eigenvalue weighted by atomic mass is 10.2. The molecule has 1 saturated heterocycles. The molecule has 0 aromatic carbocycles. The zero-order valence-electron chi connectivity index (χ0n) is 10.7. The number of aliphatic carboxylic acids is 1. The zero-order chi connectivity index (χ0) is 13.8. The highest BCUT2D eigenvalue weighted by molar-refractivity contribution is 5.71. The monoisotopic (exact) mass is 264 g/mol. The van der Waals surface area contributed by atoms with Gasteiger partial charge in [0.2, 0.25) is 0 Å². The van der Waals surface area contributed by atoms with Crippen molar-refractivity contribution >= 4 is 18.1 Å². The van der Waals surface area contributed by atoms with Crippen LogP contribution in [0.15, 0.2) is 12.4 Å². The van der Waals surface area contributed by atoms with Gasteiger partial charge in [-0.05, 0) is 6.92 Å². The molecular weight excluding hydrogens is 248 g/mol. The largest absolute Gasteiger partial charge is 0.480 e. The van der Waals surface area contributed by atoms with Crippen molar-refractivity contribution in [1.82, 2.24) is 14.9 Å². The number of aromatic nitrogens is 2. The fourth-order valence-corrected chi connectivity index (χ4v) is 2.25. The van der Waals surface area contributed by atoms with E-state index in [-0.39, 0.29) is 12.6 Å². The van der Waals surface area contributed by atoms with Gasteiger partial charge in [-0.1, -0.05) is 0 Å². The Morgan fingerprint density at radius 2 is 2.26 bits per heavy atom. The predicted octanol–water partition coefficient (Wildman–Crippen LogP) is -0.116. The molecule has 1 fully saturated rings. The van der Waals surface area contributed by atoms with E-state index >= 15 is 0 Å². The second-order valence-electron chi connectivity index (χ2n) is 4.59. The van der Waals surface area contributed by atoms with Crippen molar-refractivity contribution in [1.29, 1.82) is 0 Å². The molecule has 2 heterocycles. The maximum Gasteiger partial charge on any atom is 0.317 e. The highest BCUT2D eigenvalue weighted by atomic mass is 16.4. The van der Waals surface area contributed by atoms with Crippen LogP contribution in [0.3, 0.4) is 0 Å². The van der Waals surface area contributed by atoms with Gasteiger partial charge in [0.25, 0.3) is 0 Å². The highest BCUT2D eigenvalue weighted by Gasteiger charge is 2.25. The van der Waals surface area contributed by atoms with Crippen molar-refractivity contribution in [3.63, 3.8) is 0 Å². The summed E-state index contributed by atoms with van der Waals surface area (Å²) in [7, 11) is 0. The van der Waals surface area contributed by atoms with Crippen molar-refractivity contribution in [2.24, 2.45) is 0 Å². The molecule has 0 unspecified atom stereocenters. The molecule has 1 aliphatic heterocycles. The summed E-state index contributed by atoms with van der Waals surface area (Å²) in [4.78, 5) is 33.4. The van der Waals surface area contributed by atoms with E-state index in [2.05, 4.69) is 14.9 Å². The van der Waals surface area contributed by atoms with E-state index in [1.54, 1.807) is 6.20 Å². The van der Waals surface area contributed by atoms with E-state index < -0.39 is 5.97 Å². The molecular formula is C12H16N4O3. The molecule has 1 N–H and O–H groups in total. The van der Waals surface area contributed by atoms with Crippen molar-refractivity contribution in [2.45, 2.75) is 13.0 Å². The first-order chi connectivity index (χ1) is 9.10. The van der Waals surface area contributed by atoms with Crippen LogP contribution in [0.4, 0.5) is 5.82 Å². The Balaban J connectivity index is 2.02. The second-order valence-corrected chi connectivity index (χ2v) is 4.59. The number of aldehydes is 1. The van der Waals surface area contributed by atoms with Crippen LogP contribution in [-0.4, -0.2) is 64.5 Å². The van der Waals surface area contributed by atoms with Crippen LogP contribution < -0.4 is 4.90 Å². The Morgan fingerprint density at radius 1 is 1.47 bits per heavy atom. The lowest BCUT2D eigenvalue weighted by molar-refractivity contribution is -0.138. The van der Waals surface area contributed by atoms with Crippen LogP contribution >= 0.6 is 0 Å². The van der Waals surface area contributed by atoms with Gasteiger partial charge < -0.3 is 10.0 Å². The minimum absolute atomic E-state index is 0.0634. The van der Waals surface area contributed by atoms with E-state index in [0.29, 0.717) is 37.4 Å². The van der Waals surface area contributed by atoms with Crippen molar-refractivity contribution in [3.8, 4) is 0 Å². The molecule has 2 rings (SSSR count). The Hall–Kier alpha value is -2.02. The molecule has 7 nitrogen and oxygen atoms in total. The number of hydrogen-bond acceptors (Lipinski definition) is 6. The fourth-order valence-electron chi connectivity index (χ4n) is 2.25. The molecule has 0 saturated carbocycles. The number of carbonyl (C=O) groups excluding carboxylic acids is 1. The first kappa shape index (κ1) is 13.4. The number of rotatable bonds is 4. The number of anilines is 1. The molecule has 19 heavy (non-hydrogen) atoms. The number of nitrogens with zero attached hydrogens (tertiary/aromatic N) is 4. The predicted molar refractivity (Wildman–Crippen MR) is 68.3 cm³/mol. The molecule has 102 valence electrons. The average Bonchev–Trinajstić information content (AvgIpc) is 2.38. The lowest BCUT2D eigenvalue weighted by Crippen LogP contribution is -2.53. The van der Waals surface area contributed by atoms with Crippen LogP contribution in [0.2, 0.25) is 0 Å². The van der Waals surface area contributed by atoms with Crippen molar-refractivity contribution < 1.29 is 14.7 Å². The van der Waals surface area contributed by atoms with Gasteiger partial charge in [-0.15, -0.1) is 0 Å². The molecule has 1 aromatic rings. The molecule has 1 aromatic heterocycles. The number of piperazine rings is 1. The third-order valence-corrected chi connectivity index (χ3v) is 3.14. The van der Waals surface area contributed by atoms with E-state index in [9.17, 15) is 9.59 Å². The van der Waals surface area contributed by atoms with Gasteiger partial charge in [0.15, 0.2) is 6.29 Å². The summed E-state index contributed by atoms with van der Waals surface area (Å²) < 4.78 is 0. The van der Waals surface area contributed by atoms with Crippen LogP contribution in [0.25, 0.3) is 0 Å². The Labute approximate surface area is 110 Å². The number of carbonyl (C=O) groups is 2. The van der Waals surface area contributed by atoms with Crippen LogP contribution in [0, 0.1) is 0 Å². The van der Waals surface area contributed by atoms with Crippen molar-refractivity contribution in [2.75, 3.05) is 31.1 Å². The summed E-state index contributed by atoms with van der Waals surface area (Å²) in [5.41, 5.74) is 0.306. The molecule has 1 aliphatic rings. The molecule has 0 amide bonds. The first-order valence-corrected chi connectivity index (χ1v) is 6.08. The van der Waals surface area contributed by atoms with Gasteiger partial charge in [-0.25, -0.2) is 9.97 Å². The summed E-state index contributed by atoms with van der Waals surface area (Å²) in [5.74, 6) is -0.0937. The number of hydrogen-bond donors (Lipinski definition) is 1. The van der Waals surface area contributed by atoms with Crippen molar-refractivity contribution in [3.05, 3.63) is 18.1 Å². The van der Waals surface area contributed by atoms with Gasteiger partial charge in [0.1, 0.15) is 11.5 Å². The maximum atomic E-state index is 10.7. The number of carboxylic acid groups (broad SMARTS) is 1. The summed E-state index contributed by atoms with van der Waals surface area (Å²) in [5, 5.41) is 8.78. The highest BCUT2D eigenvalue weighted by Crippen LogP contribution is 2.17. The molecule has 0 bridgehead atoms. The zero-order valence-corrected chi connectivity index (χ0v) is 10.7. The lowest BCUT2D eigenvalue weighted by Gasteiger charge is -2.39. The van der Waals surface area contributed by atoms with E-state index in [1.165, 1.54) is 6.20 Å². The smallest absolute Gasteiger partial charge is 0.317 e. The maximum absolute atomic E-state index is 10.7.